The van der Waals surface area contributed by atoms with E-state index in [1.807, 2.05) is 54.6 Å². The molecule has 0 spiro atoms. The van der Waals surface area contributed by atoms with Gasteiger partial charge in [-0.15, -0.1) is 0 Å². The number of amides is 1. The molecule has 0 aliphatic heterocycles. The summed E-state index contributed by atoms with van der Waals surface area (Å²) in [4.78, 5) is 31.3. The van der Waals surface area contributed by atoms with Crippen molar-refractivity contribution < 1.29 is 14.7 Å². The maximum atomic E-state index is 11.7. The summed E-state index contributed by atoms with van der Waals surface area (Å²) in [7, 11) is 0. The lowest BCUT2D eigenvalue weighted by Gasteiger charge is -2.13. The van der Waals surface area contributed by atoms with Crippen LogP contribution in [0.1, 0.15) is 12.8 Å². The fourth-order valence-corrected chi connectivity index (χ4v) is 2.29. The third-order valence-electron chi connectivity index (χ3n) is 3.49. The Hall–Kier alpha value is -3.48. The van der Waals surface area contributed by atoms with E-state index in [0.29, 0.717) is 17.0 Å². The molecule has 3 aromatic rings. The van der Waals surface area contributed by atoms with Crippen molar-refractivity contribution in [3.8, 4) is 11.3 Å². The predicted octanol–water partition coefficient (Wildman–Crippen LogP) is 1.27. The Labute approximate surface area is 143 Å². The summed E-state index contributed by atoms with van der Waals surface area (Å²) >= 11 is 0. The highest BCUT2D eigenvalue weighted by Gasteiger charge is 2.11. The van der Waals surface area contributed by atoms with Crippen LogP contribution in [0.4, 0.5) is 5.82 Å². The highest BCUT2D eigenvalue weighted by atomic mass is 16.4. The first-order valence-electron chi connectivity index (χ1n) is 7.70. The van der Waals surface area contributed by atoms with E-state index in [0.717, 1.165) is 11.1 Å². The highest BCUT2D eigenvalue weighted by Crippen LogP contribution is 2.26. The van der Waals surface area contributed by atoms with E-state index in [9.17, 15) is 14.7 Å². The van der Waals surface area contributed by atoms with Crippen LogP contribution in [0.3, 0.4) is 0 Å². The average Bonchev–Trinajstić information content (AvgIpc) is 2.64. The van der Waals surface area contributed by atoms with Gasteiger partial charge in [0.2, 0.25) is 5.91 Å². The predicted molar refractivity (Wildman–Crippen MR) is 91.0 cm³/mol. The van der Waals surface area contributed by atoms with Gasteiger partial charge in [-0.05, 0) is 18.6 Å². The van der Waals surface area contributed by atoms with E-state index in [-0.39, 0.29) is 12.8 Å². The number of hydrazine groups is 1. The van der Waals surface area contributed by atoms with Crippen molar-refractivity contribution in [1.29, 1.82) is 0 Å². The number of hydrogen-bond donors (Lipinski definition) is 2. The molecule has 2 aromatic carbocycles. The van der Waals surface area contributed by atoms with Crippen molar-refractivity contribution in [2.45, 2.75) is 12.8 Å². The maximum Gasteiger partial charge on any atom is 0.238 e. The third-order valence-corrected chi connectivity index (χ3v) is 3.49. The van der Waals surface area contributed by atoms with Crippen LogP contribution in [0.5, 0.6) is 0 Å². The molecule has 0 aliphatic rings. The number of nitrogens with one attached hydrogen (secondary N) is 2. The zero-order valence-electron chi connectivity index (χ0n) is 13.2. The minimum absolute atomic E-state index is 0.184. The number of fused-ring (bicyclic) bond motifs is 1. The number of aliphatic carboxylic acids is 1. The SMILES string of the molecule is O=C([O-])CCC(=O)NNc1nc2ccccc2nc1-c1ccccc1. The van der Waals surface area contributed by atoms with Crippen molar-refractivity contribution >= 4 is 28.7 Å². The lowest BCUT2D eigenvalue weighted by Crippen LogP contribution is -2.32. The Morgan fingerprint density at radius 1 is 0.880 bits per heavy atom. The molecule has 25 heavy (non-hydrogen) atoms. The first kappa shape index (κ1) is 16.4. The van der Waals surface area contributed by atoms with Gasteiger partial charge in [0.1, 0.15) is 5.69 Å². The molecule has 0 bridgehead atoms. The second-order valence-electron chi connectivity index (χ2n) is 5.32. The zero-order chi connectivity index (χ0) is 17.6. The van der Waals surface area contributed by atoms with E-state index < -0.39 is 11.9 Å². The largest absolute Gasteiger partial charge is 0.550 e. The van der Waals surface area contributed by atoms with Gasteiger partial charge in [0.25, 0.3) is 0 Å². The zero-order valence-corrected chi connectivity index (χ0v) is 13.2. The van der Waals surface area contributed by atoms with Crippen molar-refractivity contribution in [3.05, 3.63) is 54.6 Å². The van der Waals surface area contributed by atoms with E-state index >= 15 is 0 Å². The van der Waals surface area contributed by atoms with Crippen LogP contribution < -0.4 is 16.0 Å². The first-order chi connectivity index (χ1) is 12.1. The molecule has 0 fully saturated rings. The van der Waals surface area contributed by atoms with E-state index in [1.165, 1.54) is 0 Å². The van der Waals surface area contributed by atoms with Crippen LogP contribution in [0.25, 0.3) is 22.3 Å². The van der Waals surface area contributed by atoms with Crippen molar-refractivity contribution in [2.75, 3.05) is 5.43 Å². The van der Waals surface area contributed by atoms with Crippen LogP contribution in [0.2, 0.25) is 0 Å². The van der Waals surface area contributed by atoms with Gasteiger partial charge in [0.05, 0.1) is 11.0 Å². The first-order valence-corrected chi connectivity index (χ1v) is 7.70. The van der Waals surface area contributed by atoms with Gasteiger partial charge in [-0.1, -0.05) is 42.5 Å². The summed E-state index contributed by atoms with van der Waals surface area (Å²) in [6.07, 6.45) is -0.528. The number of benzene rings is 2. The number of carbonyl (C=O) groups is 2. The number of carbonyl (C=O) groups excluding carboxylic acids is 2. The fraction of sp³-hybridized carbons (Fsp3) is 0.111. The van der Waals surface area contributed by atoms with Gasteiger partial charge in [-0.2, -0.15) is 0 Å². The van der Waals surface area contributed by atoms with Gasteiger partial charge in [0.15, 0.2) is 5.82 Å². The fourth-order valence-electron chi connectivity index (χ4n) is 2.29. The molecule has 7 heteroatoms. The molecule has 1 aromatic heterocycles. The second kappa shape index (κ2) is 7.39. The molecule has 7 nitrogen and oxygen atoms in total. The number of rotatable bonds is 6. The Balaban J connectivity index is 1.89. The molecular formula is C18H15N4O3-. The molecule has 0 radical (unpaired) electrons. The summed E-state index contributed by atoms with van der Waals surface area (Å²) in [5.41, 5.74) is 8.02. The normalized spacial score (nSPS) is 10.4. The number of hydrogen-bond acceptors (Lipinski definition) is 6. The van der Waals surface area contributed by atoms with Crippen LogP contribution >= 0.6 is 0 Å². The molecule has 1 amide bonds. The van der Waals surface area contributed by atoms with E-state index in [4.69, 9.17) is 0 Å². The Bertz CT molecular complexity index is 913. The third kappa shape index (κ3) is 4.08. The summed E-state index contributed by atoms with van der Waals surface area (Å²) in [6, 6.07) is 16.8. The topological polar surface area (TPSA) is 107 Å². The van der Waals surface area contributed by atoms with Gasteiger partial charge in [0, 0.05) is 18.0 Å². The average molecular weight is 335 g/mol. The second-order valence-corrected chi connectivity index (χ2v) is 5.32. The molecular weight excluding hydrogens is 320 g/mol. The lowest BCUT2D eigenvalue weighted by atomic mass is 10.1. The molecule has 2 N–H and O–H groups in total. The van der Waals surface area contributed by atoms with Gasteiger partial charge in [-0.25, -0.2) is 9.97 Å². The smallest absolute Gasteiger partial charge is 0.238 e. The Morgan fingerprint density at radius 3 is 2.20 bits per heavy atom. The highest BCUT2D eigenvalue weighted by molar-refractivity contribution is 5.85. The molecule has 0 aliphatic carbocycles. The van der Waals surface area contributed by atoms with Crippen LogP contribution in [0, 0.1) is 0 Å². The summed E-state index contributed by atoms with van der Waals surface area (Å²) in [5, 5.41) is 10.4. The summed E-state index contributed by atoms with van der Waals surface area (Å²) in [5.74, 6) is -1.37. The molecule has 3 rings (SSSR count). The van der Waals surface area contributed by atoms with Crippen LogP contribution in [0.15, 0.2) is 54.6 Å². The Morgan fingerprint density at radius 2 is 1.52 bits per heavy atom. The number of nitrogens with zero attached hydrogens (tertiary/aromatic N) is 2. The maximum absolute atomic E-state index is 11.7. The summed E-state index contributed by atoms with van der Waals surface area (Å²) < 4.78 is 0. The molecule has 126 valence electrons. The summed E-state index contributed by atoms with van der Waals surface area (Å²) in [6.45, 7) is 0. The molecule has 0 unspecified atom stereocenters. The van der Waals surface area contributed by atoms with E-state index in [1.54, 1.807) is 0 Å². The monoisotopic (exact) mass is 335 g/mol. The molecule has 0 saturated carbocycles. The van der Waals surface area contributed by atoms with Crippen LogP contribution in [-0.4, -0.2) is 21.8 Å². The molecule has 0 saturated heterocycles. The van der Waals surface area contributed by atoms with Crippen molar-refractivity contribution in [3.63, 3.8) is 0 Å². The number of aromatic nitrogens is 2. The number of carboxylic acids is 1. The quantitative estimate of drug-likeness (QED) is 0.657. The van der Waals surface area contributed by atoms with Crippen LogP contribution in [-0.2, 0) is 9.59 Å². The van der Waals surface area contributed by atoms with Crippen molar-refractivity contribution in [2.24, 2.45) is 0 Å². The standard InChI is InChI=1S/C18H16N4O3/c23-15(10-11-16(24)25)21-22-18-17(12-6-2-1-3-7-12)19-13-8-4-5-9-14(13)20-18/h1-9H,10-11H2,(H,20,22)(H,21,23)(H,24,25)/p-1. The molecule has 0 atom stereocenters. The van der Waals surface area contributed by atoms with Gasteiger partial charge in [-0.3, -0.25) is 15.6 Å². The van der Waals surface area contributed by atoms with Crippen molar-refractivity contribution in [1.82, 2.24) is 15.4 Å². The Kier molecular flexibility index (Phi) is 4.84. The number of carboxylic acid groups (broad SMARTS) is 1. The minimum atomic E-state index is -1.27. The van der Waals surface area contributed by atoms with Gasteiger partial charge < -0.3 is 9.90 Å². The van der Waals surface area contributed by atoms with Gasteiger partial charge >= 0.3 is 0 Å². The lowest BCUT2D eigenvalue weighted by molar-refractivity contribution is -0.305. The van der Waals surface area contributed by atoms with E-state index in [2.05, 4.69) is 20.8 Å². The number of para-hydroxylation sites is 2. The molecule has 1 heterocycles. The number of anilines is 1. The minimum Gasteiger partial charge on any atom is -0.550 e.